The Hall–Kier alpha value is -3.62. The third-order valence-corrected chi connectivity index (χ3v) is 5.39. The quantitative estimate of drug-likeness (QED) is 0.537. The summed E-state index contributed by atoms with van der Waals surface area (Å²) in [5.41, 5.74) is 1.45. The molecule has 0 bridgehead atoms. The van der Waals surface area contributed by atoms with Gasteiger partial charge in [0.15, 0.2) is 11.5 Å². The van der Waals surface area contributed by atoms with Gasteiger partial charge in [0, 0.05) is 35.8 Å². The maximum Gasteiger partial charge on any atom is 0.272 e. The van der Waals surface area contributed by atoms with Gasteiger partial charge < -0.3 is 19.7 Å². The molecule has 0 radical (unpaired) electrons. The number of benzene rings is 2. The van der Waals surface area contributed by atoms with Gasteiger partial charge in [-0.25, -0.2) is 0 Å². The van der Waals surface area contributed by atoms with E-state index in [1.54, 1.807) is 20.1 Å². The second-order valence-electron chi connectivity index (χ2n) is 7.29. The molecule has 9 nitrogen and oxygen atoms in total. The van der Waals surface area contributed by atoms with Crippen molar-refractivity contribution in [2.24, 2.45) is 0 Å². The molecule has 1 N–H and O–H groups in total. The zero-order valence-electron chi connectivity index (χ0n) is 17.7. The number of nitrogens with zero attached hydrogens (tertiary/aromatic N) is 2. The number of nitro benzene ring substituents is 1. The first-order valence-electron chi connectivity index (χ1n) is 9.91. The molecule has 9 heteroatoms. The van der Waals surface area contributed by atoms with Gasteiger partial charge in [0.2, 0.25) is 5.91 Å². The number of nitro groups is 1. The number of hydrogen-bond acceptors (Lipinski definition) is 6. The summed E-state index contributed by atoms with van der Waals surface area (Å²) >= 11 is 0. The first-order chi connectivity index (χ1) is 14.9. The number of carbonyl (C=O) groups is 2. The van der Waals surface area contributed by atoms with Crippen LogP contribution in [0.25, 0.3) is 0 Å². The van der Waals surface area contributed by atoms with E-state index in [-0.39, 0.29) is 24.0 Å². The molecule has 0 aromatic heterocycles. The van der Waals surface area contributed by atoms with E-state index < -0.39 is 11.0 Å². The van der Waals surface area contributed by atoms with Crippen molar-refractivity contribution < 1.29 is 24.0 Å². The van der Waals surface area contributed by atoms with Crippen LogP contribution in [0.5, 0.6) is 11.5 Å². The maximum absolute atomic E-state index is 13.0. The van der Waals surface area contributed by atoms with E-state index in [2.05, 4.69) is 5.32 Å². The highest BCUT2D eigenvalue weighted by Gasteiger charge is 2.34. The highest BCUT2D eigenvalue weighted by molar-refractivity contribution is 5.98. The van der Waals surface area contributed by atoms with Crippen LogP contribution in [0.4, 0.5) is 5.69 Å². The van der Waals surface area contributed by atoms with Crippen LogP contribution in [0.2, 0.25) is 0 Å². The lowest BCUT2D eigenvalue weighted by atomic mass is 10.1. The van der Waals surface area contributed by atoms with Crippen LogP contribution in [0.3, 0.4) is 0 Å². The van der Waals surface area contributed by atoms with Crippen LogP contribution in [-0.4, -0.2) is 48.4 Å². The number of nitrogens with one attached hydrogen (secondary N) is 1. The number of rotatable bonds is 7. The predicted molar refractivity (Wildman–Crippen MR) is 113 cm³/mol. The topological polar surface area (TPSA) is 111 Å². The van der Waals surface area contributed by atoms with Gasteiger partial charge in [-0.3, -0.25) is 19.7 Å². The van der Waals surface area contributed by atoms with Crippen molar-refractivity contribution in [3.8, 4) is 11.5 Å². The Morgan fingerprint density at radius 1 is 1.23 bits per heavy atom. The molecule has 1 heterocycles. The minimum atomic E-state index is -0.598. The first kappa shape index (κ1) is 22.1. The van der Waals surface area contributed by atoms with Crippen molar-refractivity contribution in [3.63, 3.8) is 0 Å². The lowest BCUT2D eigenvalue weighted by Gasteiger charge is -2.24. The average molecular weight is 427 g/mol. The molecule has 164 valence electrons. The molecule has 1 saturated heterocycles. The Balaban J connectivity index is 1.72. The summed E-state index contributed by atoms with van der Waals surface area (Å²) in [5.74, 6) is 0.551. The van der Waals surface area contributed by atoms with Gasteiger partial charge in [-0.15, -0.1) is 0 Å². The molecule has 0 saturated carbocycles. The number of carbonyl (C=O) groups excluding carboxylic acids is 2. The molecule has 1 atom stereocenters. The van der Waals surface area contributed by atoms with E-state index in [1.807, 2.05) is 12.1 Å². The minimum absolute atomic E-state index is 0.0421. The Labute approximate surface area is 180 Å². The fourth-order valence-corrected chi connectivity index (χ4v) is 3.83. The van der Waals surface area contributed by atoms with Crippen molar-refractivity contribution in [1.82, 2.24) is 10.2 Å². The van der Waals surface area contributed by atoms with Gasteiger partial charge >= 0.3 is 0 Å². The number of likely N-dealkylation sites (tertiary alicyclic amines) is 1. The van der Waals surface area contributed by atoms with Crippen molar-refractivity contribution in [2.45, 2.75) is 32.4 Å². The molecular weight excluding hydrogens is 402 g/mol. The first-order valence-corrected chi connectivity index (χ1v) is 9.91. The largest absolute Gasteiger partial charge is 0.493 e. The van der Waals surface area contributed by atoms with E-state index in [4.69, 9.17) is 9.47 Å². The SMILES string of the molecule is COc1cccc(CNC(=O)C2CCCN2C(=O)c2ccc([N+](=O)[O-])c(C)c2)c1OC. The van der Waals surface area contributed by atoms with Crippen molar-refractivity contribution in [1.29, 1.82) is 0 Å². The molecule has 2 amide bonds. The van der Waals surface area contributed by atoms with Crippen molar-refractivity contribution >= 4 is 17.5 Å². The summed E-state index contributed by atoms with van der Waals surface area (Å²) in [6, 6.07) is 9.07. The maximum atomic E-state index is 13.0. The second kappa shape index (κ2) is 9.46. The van der Waals surface area contributed by atoms with Gasteiger partial charge in [0.05, 0.1) is 19.1 Å². The van der Waals surface area contributed by atoms with Gasteiger partial charge in [-0.1, -0.05) is 12.1 Å². The Bertz CT molecular complexity index is 1010. The summed E-state index contributed by atoms with van der Waals surface area (Å²) in [6.07, 6.45) is 1.26. The molecule has 0 aliphatic carbocycles. The normalized spacial score (nSPS) is 15.5. The molecule has 31 heavy (non-hydrogen) atoms. The molecule has 1 unspecified atom stereocenters. The summed E-state index contributed by atoms with van der Waals surface area (Å²) in [5, 5.41) is 13.9. The Morgan fingerprint density at radius 3 is 2.65 bits per heavy atom. The Morgan fingerprint density at radius 2 is 2.00 bits per heavy atom. The van der Waals surface area contributed by atoms with Gasteiger partial charge in [-0.2, -0.15) is 0 Å². The Kier molecular flexibility index (Phi) is 6.74. The average Bonchev–Trinajstić information content (AvgIpc) is 3.26. The summed E-state index contributed by atoms with van der Waals surface area (Å²) < 4.78 is 10.7. The van der Waals surface area contributed by atoms with Crippen LogP contribution in [0.1, 0.15) is 34.3 Å². The van der Waals surface area contributed by atoms with Crippen molar-refractivity contribution in [3.05, 3.63) is 63.2 Å². The van der Waals surface area contributed by atoms with Crippen LogP contribution < -0.4 is 14.8 Å². The highest BCUT2D eigenvalue weighted by atomic mass is 16.6. The summed E-state index contributed by atoms with van der Waals surface area (Å²) in [6.45, 7) is 2.27. The minimum Gasteiger partial charge on any atom is -0.493 e. The van der Waals surface area contributed by atoms with E-state index in [0.717, 1.165) is 5.56 Å². The lowest BCUT2D eigenvalue weighted by Crippen LogP contribution is -2.45. The number of methoxy groups -OCH3 is 2. The summed E-state index contributed by atoms with van der Waals surface area (Å²) in [7, 11) is 3.08. The lowest BCUT2D eigenvalue weighted by molar-refractivity contribution is -0.385. The number of hydrogen-bond donors (Lipinski definition) is 1. The molecule has 1 aliphatic rings. The third kappa shape index (κ3) is 4.60. The number of ether oxygens (including phenoxy) is 2. The monoisotopic (exact) mass is 427 g/mol. The smallest absolute Gasteiger partial charge is 0.272 e. The molecule has 0 spiro atoms. The molecule has 1 aliphatic heterocycles. The van der Waals surface area contributed by atoms with E-state index in [1.165, 1.54) is 30.2 Å². The fraction of sp³-hybridized carbons (Fsp3) is 0.364. The second-order valence-corrected chi connectivity index (χ2v) is 7.29. The zero-order chi connectivity index (χ0) is 22.5. The molecule has 1 fully saturated rings. The van der Waals surface area contributed by atoms with Crippen LogP contribution in [0.15, 0.2) is 36.4 Å². The fourth-order valence-electron chi connectivity index (χ4n) is 3.83. The highest BCUT2D eigenvalue weighted by Crippen LogP contribution is 2.30. The number of aryl methyl sites for hydroxylation is 1. The van der Waals surface area contributed by atoms with Crippen LogP contribution in [0, 0.1) is 17.0 Å². The van der Waals surface area contributed by atoms with Gasteiger partial charge in [-0.05, 0) is 38.0 Å². The zero-order valence-corrected chi connectivity index (χ0v) is 17.7. The van der Waals surface area contributed by atoms with Gasteiger partial charge in [0.1, 0.15) is 6.04 Å². The summed E-state index contributed by atoms with van der Waals surface area (Å²) in [4.78, 5) is 37.9. The van der Waals surface area contributed by atoms with E-state index in [0.29, 0.717) is 42.0 Å². The van der Waals surface area contributed by atoms with Crippen LogP contribution in [-0.2, 0) is 11.3 Å². The molecule has 2 aromatic carbocycles. The van der Waals surface area contributed by atoms with E-state index >= 15 is 0 Å². The van der Waals surface area contributed by atoms with E-state index in [9.17, 15) is 19.7 Å². The number of amides is 2. The standard InChI is InChI=1S/C22H25N3O6/c1-14-12-15(9-10-17(14)25(28)29)22(27)24-11-5-7-18(24)21(26)23-13-16-6-4-8-19(30-2)20(16)31-3/h4,6,8-10,12,18H,5,7,11,13H2,1-3H3,(H,23,26). The number of para-hydroxylation sites is 1. The predicted octanol–water partition coefficient (Wildman–Crippen LogP) is 2.84. The third-order valence-electron chi connectivity index (χ3n) is 5.39. The molecule has 2 aromatic rings. The van der Waals surface area contributed by atoms with Crippen molar-refractivity contribution in [2.75, 3.05) is 20.8 Å². The van der Waals surface area contributed by atoms with Gasteiger partial charge in [0.25, 0.3) is 11.6 Å². The molecular formula is C22H25N3O6. The molecule has 3 rings (SSSR count). The van der Waals surface area contributed by atoms with Crippen LogP contribution >= 0.6 is 0 Å².